The third kappa shape index (κ3) is 1.43. The summed E-state index contributed by atoms with van der Waals surface area (Å²) >= 11 is 0. The molecule has 2 aliphatic heterocycles. The maximum atomic E-state index is 11.1. The number of carbonyl (C=O) groups excluding carboxylic acids is 1. The lowest BCUT2D eigenvalue weighted by atomic mass is 9.94. The van der Waals surface area contributed by atoms with Crippen LogP contribution in [0.3, 0.4) is 0 Å². The Morgan fingerprint density at radius 1 is 1.69 bits per heavy atom. The number of carbonyl (C=O) groups is 1. The Morgan fingerprint density at radius 2 is 2.46 bits per heavy atom. The van der Waals surface area contributed by atoms with Gasteiger partial charge in [0.15, 0.2) is 6.23 Å². The highest BCUT2D eigenvalue weighted by atomic mass is 16.5. The molecule has 0 saturated carbocycles. The smallest absolute Gasteiger partial charge is 0.231 e. The Bertz CT molecular complexity index is 283. The first-order valence-electron chi connectivity index (χ1n) is 4.52. The van der Waals surface area contributed by atoms with Crippen molar-refractivity contribution in [2.75, 3.05) is 0 Å². The molecule has 0 spiro atoms. The average molecular weight is 180 g/mol. The van der Waals surface area contributed by atoms with Crippen molar-refractivity contribution >= 4 is 11.8 Å². The summed E-state index contributed by atoms with van der Waals surface area (Å²) in [6.45, 7) is 2.06. The van der Waals surface area contributed by atoms with Gasteiger partial charge >= 0.3 is 0 Å². The number of aliphatic imine (C=N–C) groups is 1. The molecule has 0 aromatic heterocycles. The zero-order valence-corrected chi connectivity index (χ0v) is 7.49. The minimum Gasteiger partial charge on any atom is -0.453 e. The van der Waals surface area contributed by atoms with E-state index in [2.05, 4.69) is 17.2 Å². The number of nitrogens with zero attached hydrogens (tertiary/aromatic N) is 1. The van der Waals surface area contributed by atoms with Crippen molar-refractivity contribution in [1.29, 1.82) is 0 Å². The Morgan fingerprint density at radius 3 is 2.92 bits per heavy atom. The molecule has 13 heavy (non-hydrogen) atoms. The number of hydrogen-bond acceptors (Lipinski definition) is 3. The minimum absolute atomic E-state index is 0.0155. The first-order chi connectivity index (χ1) is 6.31. The highest BCUT2D eigenvalue weighted by molar-refractivity contribution is 5.94. The molecule has 2 unspecified atom stereocenters. The summed E-state index contributed by atoms with van der Waals surface area (Å²) in [6, 6.07) is 0. The third-order valence-corrected chi connectivity index (χ3v) is 2.25. The van der Waals surface area contributed by atoms with E-state index in [4.69, 9.17) is 4.74 Å². The minimum atomic E-state index is -0.156. The average Bonchev–Trinajstić information content (AvgIpc) is 2.04. The van der Waals surface area contributed by atoms with Crippen LogP contribution in [0.4, 0.5) is 0 Å². The molecule has 4 nitrogen and oxygen atoms in total. The van der Waals surface area contributed by atoms with Gasteiger partial charge in [0, 0.05) is 12.3 Å². The normalized spacial score (nSPS) is 29.9. The van der Waals surface area contributed by atoms with Crippen LogP contribution in [0, 0.1) is 5.92 Å². The van der Waals surface area contributed by atoms with Gasteiger partial charge in [0.2, 0.25) is 11.8 Å². The van der Waals surface area contributed by atoms with Crippen molar-refractivity contribution in [1.82, 2.24) is 5.32 Å². The molecule has 70 valence electrons. The van der Waals surface area contributed by atoms with Gasteiger partial charge in [0.1, 0.15) is 0 Å². The van der Waals surface area contributed by atoms with Gasteiger partial charge in [-0.2, -0.15) is 0 Å². The molecule has 2 aliphatic rings. The van der Waals surface area contributed by atoms with Gasteiger partial charge < -0.3 is 10.1 Å². The second kappa shape index (κ2) is 3.20. The summed E-state index contributed by atoms with van der Waals surface area (Å²) in [4.78, 5) is 14.9. The molecule has 4 heteroatoms. The van der Waals surface area contributed by atoms with Crippen LogP contribution >= 0.6 is 0 Å². The summed E-state index contributed by atoms with van der Waals surface area (Å²) in [5, 5.41) is 2.70. The molecule has 2 atom stereocenters. The SMILES string of the molecule is CCCC1C(=O)NC1OC1=NC=C1. The summed E-state index contributed by atoms with van der Waals surface area (Å²) in [7, 11) is 0. The molecule has 1 amide bonds. The standard InChI is InChI=1S/C9H12N2O2/c1-2-3-6-8(12)11-9(6)13-7-4-5-10-7/h4-6,9H,2-3H2,1H3,(H,11,12). The highest BCUT2D eigenvalue weighted by Crippen LogP contribution is 2.22. The van der Waals surface area contributed by atoms with Gasteiger partial charge in [-0.05, 0) is 6.42 Å². The van der Waals surface area contributed by atoms with Crippen molar-refractivity contribution in [3.63, 3.8) is 0 Å². The van der Waals surface area contributed by atoms with E-state index in [0.717, 1.165) is 12.8 Å². The Kier molecular flexibility index (Phi) is 2.04. The van der Waals surface area contributed by atoms with E-state index in [1.807, 2.05) is 0 Å². The van der Waals surface area contributed by atoms with Crippen LogP contribution in [0.5, 0.6) is 0 Å². The number of hydrogen-bond donors (Lipinski definition) is 1. The predicted octanol–water partition coefficient (Wildman–Crippen LogP) is 0.801. The first-order valence-corrected chi connectivity index (χ1v) is 4.52. The lowest BCUT2D eigenvalue weighted by molar-refractivity contribution is -0.145. The fourth-order valence-corrected chi connectivity index (χ4v) is 1.43. The number of ether oxygens (including phenoxy) is 1. The fraction of sp³-hybridized carbons (Fsp3) is 0.556. The van der Waals surface area contributed by atoms with E-state index in [-0.39, 0.29) is 18.1 Å². The second-order valence-electron chi connectivity index (χ2n) is 3.23. The molecule has 2 heterocycles. The molecule has 0 aromatic carbocycles. The molecule has 0 aromatic rings. The van der Waals surface area contributed by atoms with Crippen LogP contribution in [0.25, 0.3) is 0 Å². The molecular weight excluding hydrogens is 168 g/mol. The monoisotopic (exact) mass is 180 g/mol. The zero-order valence-electron chi connectivity index (χ0n) is 7.49. The largest absolute Gasteiger partial charge is 0.453 e. The van der Waals surface area contributed by atoms with Gasteiger partial charge in [0.05, 0.1) is 5.92 Å². The Labute approximate surface area is 76.7 Å². The molecule has 1 fully saturated rings. The molecule has 0 bridgehead atoms. The lowest BCUT2D eigenvalue weighted by Gasteiger charge is -2.36. The van der Waals surface area contributed by atoms with Crippen LogP contribution in [-0.4, -0.2) is 18.0 Å². The van der Waals surface area contributed by atoms with E-state index in [9.17, 15) is 4.79 Å². The van der Waals surface area contributed by atoms with Gasteiger partial charge in [-0.25, -0.2) is 4.99 Å². The van der Waals surface area contributed by atoms with Crippen molar-refractivity contribution in [3.05, 3.63) is 12.3 Å². The fourth-order valence-electron chi connectivity index (χ4n) is 1.43. The van der Waals surface area contributed by atoms with E-state index in [0.29, 0.717) is 5.90 Å². The van der Waals surface area contributed by atoms with Gasteiger partial charge in [-0.3, -0.25) is 4.79 Å². The maximum Gasteiger partial charge on any atom is 0.231 e. The van der Waals surface area contributed by atoms with E-state index >= 15 is 0 Å². The van der Waals surface area contributed by atoms with E-state index in [1.165, 1.54) is 0 Å². The summed E-state index contributed by atoms with van der Waals surface area (Å²) in [5.74, 6) is 0.726. The molecule has 1 N–H and O–H groups in total. The molecular formula is C9H12N2O2. The summed E-state index contributed by atoms with van der Waals surface area (Å²) < 4.78 is 5.39. The van der Waals surface area contributed by atoms with Crippen LogP contribution in [-0.2, 0) is 9.53 Å². The molecule has 0 aliphatic carbocycles. The quantitative estimate of drug-likeness (QED) is 0.653. The zero-order chi connectivity index (χ0) is 9.26. The summed E-state index contributed by atoms with van der Waals surface area (Å²) in [5.41, 5.74) is 0. The van der Waals surface area contributed by atoms with Gasteiger partial charge in [-0.1, -0.05) is 13.3 Å². The number of rotatable bonds is 3. The van der Waals surface area contributed by atoms with Gasteiger partial charge in [-0.15, -0.1) is 0 Å². The van der Waals surface area contributed by atoms with Crippen molar-refractivity contribution in [3.8, 4) is 0 Å². The lowest BCUT2D eigenvalue weighted by Crippen LogP contribution is -2.59. The highest BCUT2D eigenvalue weighted by Gasteiger charge is 2.40. The second-order valence-corrected chi connectivity index (χ2v) is 3.23. The molecule has 1 saturated heterocycles. The van der Waals surface area contributed by atoms with Crippen LogP contribution in [0.2, 0.25) is 0 Å². The van der Waals surface area contributed by atoms with Crippen LogP contribution in [0.15, 0.2) is 17.3 Å². The van der Waals surface area contributed by atoms with E-state index < -0.39 is 0 Å². The van der Waals surface area contributed by atoms with Crippen LogP contribution in [0.1, 0.15) is 19.8 Å². The van der Waals surface area contributed by atoms with Crippen molar-refractivity contribution < 1.29 is 9.53 Å². The van der Waals surface area contributed by atoms with Gasteiger partial charge in [0.25, 0.3) is 0 Å². The first kappa shape index (κ1) is 8.29. The maximum absolute atomic E-state index is 11.1. The Balaban J connectivity index is 1.83. The van der Waals surface area contributed by atoms with E-state index in [1.54, 1.807) is 12.3 Å². The molecule has 0 radical (unpaired) electrons. The summed E-state index contributed by atoms with van der Waals surface area (Å²) in [6.07, 6.45) is 5.18. The molecule has 2 rings (SSSR count). The number of β-lactam (4-membered cyclic amide) rings is 1. The third-order valence-electron chi connectivity index (χ3n) is 2.25. The number of nitrogens with one attached hydrogen (secondary N) is 1. The Hall–Kier alpha value is -1.32. The number of amides is 1. The van der Waals surface area contributed by atoms with Crippen molar-refractivity contribution in [2.24, 2.45) is 10.9 Å². The predicted molar refractivity (Wildman–Crippen MR) is 48.0 cm³/mol. The van der Waals surface area contributed by atoms with Crippen molar-refractivity contribution in [2.45, 2.75) is 26.0 Å². The topological polar surface area (TPSA) is 50.7 Å². The van der Waals surface area contributed by atoms with Crippen LogP contribution < -0.4 is 5.32 Å².